The summed E-state index contributed by atoms with van der Waals surface area (Å²) in [5.41, 5.74) is 0. The van der Waals surface area contributed by atoms with Gasteiger partial charge in [-0.1, -0.05) is 19.8 Å². The van der Waals surface area contributed by atoms with Crippen LogP contribution in [0.3, 0.4) is 0 Å². The number of carbonyl (C=O) groups excluding carboxylic acids is 1. The van der Waals surface area contributed by atoms with Crippen LogP contribution in [0.5, 0.6) is 0 Å². The van der Waals surface area contributed by atoms with Crippen molar-refractivity contribution in [1.29, 1.82) is 0 Å². The number of rotatable bonds is 5. The molecule has 3 N–H and O–H groups in total. The summed E-state index contributed by atoms with van der Waals surface area (Å²) >= 11 is 0. The third-order valence-corrected chi connectivity index (χ3v) is 3.19. The summed E-state index contributed by atoms with van der Waals surface area (Å²) in [5, 5.41) is 21.2. The third-order valence-electron chi connectivity index (χ3n) is 3.19. The van der Waals surface area contributed by atoms with E-state index in [9.17, 15) is 14.7 Å². The van der Waals surface area contributed by atoms with E-state index in [2.05, 4.69) is 12.2 Å². The normalized spacial score (nSPS) is 24.9. The Balaban J connectivity index is 2.52. The second-order valence-electron chi connectivity index (χ2n) is 4.89. The predicted octanol–water partition coefficient (Wildman–Crippen LogP) is 0.794. The Hall–Kier alpha value is -1.30. The SMILES string of the molecule is CCCCC(C)NC(=O)N1C[C@H](O)C[C@H]1C(=O)O. The molecule has 1 fully saturated rings. The molecule has 18 heavy (non-hydrogen) atoms. The molecule has 1 saturated heterocycles. The number of carbonyl (C=O) groups is 2. The van der Waals surface area contributed by atoms with Crippen LogP contribution in [0, 0.1) is 0 Å². The fourth-order valence-corrected chi connectivity index (χ4v) is 2.15. The highest BCUT2D eigenvalue weighted by atomic mass is 16.4. The third kappa shape index (κ3) is 3.87. The van der Waals surface area contributed by atoms with Crippen molar-refractivity contribution < 1.29 is 19.8 Å². The Labute approximate surface area is 107 Å². The van der Waals surface area contributed by atoms with Gasteiger partial charge >= 0.3 is 12.0 Å². The average molecular weight is 258 g/mol. The van der Waals surface area contributed by atoms with Gasteiger partial charge in [-0.25, -0.2) is 9.59 Å². The molecular formula is C12H22N2O4. The summed E-state index contributed by atoms with van der Waals surface area (Å²) < 4.78 is 0. The van der Waals surface area contributed by atoms with Crippen molar-refractivity contribution in [3.63, 3.8) is 0 Å². The number of unbranched alkanes of at least 4 members (excludes halogenated alkanes) is 1. The molecule has 0 bridgehead atoms. The first-order valence-corrected chi connectivity index (χ1v) is 6.43. The van der Waals surface area contributed by atoms with Gasteiger partial charge in [0.2, 0.25) is 0 Å². The Morgan fingerprint density at radius 3 is 2.72 bits per heavy atom. The lowest BCUT2D eigenvalue weighted by Gasteiger charge is -2.24. The van der Waals surface area contributed by atoms with Crippen LogP contribution in [0.2, 0.25) is 0 Å². The van der Waals surface area contributed by atoms with Crippen molar-refractivity contribution in [2.45, 2.75) is 57.7 Å². The molecule has 104 valence electrons. The minimum absolute atomic E-state index is 0.0182. The van der Waals surface area contributed by atoms with Crippen molar-refractivity contribution in [1.82, 2.24) is 10.2 Å². The number of hydrogen-bond donors (Lipinski definition) is 3. The summed E-state index contributed by atoms with van der Waals surface area (Å²) in [7, 11) is 0. The summed E-state index contributed by atoms with van der Waals surface area (Å²) in [6, 6.07) is -1.30. The van der Waals surface area contributed by atoms with E-state index in [-0.39, 0.29) is 19.0 Å². The number of nitrogens with one attached hydrogen (secondary N) is 1. The van der Waals surface area contributed by atoms with Gasteiger partial charge in [-0.15, -0.1) is 0 Å². The number of nitrogens with zero attached hydrogens (tertiary/aromatic N) is 1. The molecule has 6 nitrogen and oxygen atoms in total. The van der Waals surface area contributed by atoms with Crippen LogP contribution >= 0.6 is 0 Å². The summed E-state index contributed by atoms with van der Waals surface area (Å²) in [4.78, 5) is 24.1. The molecule has 0 aromatic carbocycles. The van der Waals surface area contributed by atoms with Gasteiger partial charge in [0.05, 0.1) is 6.10 Å². The number of urea groups is 1. The lowest BCUT2D eigenvalue weighted by molar-refractivity contribution is -0.141. The first kappa shape index (κ1) is 14.8. The number of aliphatic carboxylic acids is 1. The highest BCUT2D eigenvalue weighted by Gasteiger charge is 2.39. The Kier molecular flexibility index (Phi) is 5.40. The maximum Gasteiger partial charge on any atom is 0.326 e. The van der Waals surface area contributed by atoms with Crippen LogP contribution in [0.25, 0.3) is 0 Å². The smallest absolute Gasteiger partial charge is 0.326 e. The number of β-amino-alcohol motifs (C(OH)–C–C–N with tert-alkyl or cyclic N) is 1. The van der Waals surface area contributed by atoms with Gasteiger partial charge in [0, 0.05) is 19.0 Å². The van der Waals surface area contributed by atoms with Gasteiger partial charge < -0.3 is 20.4 Å². The molecule has 1 heterocycles. The maximum absolute atomic E-state index is 11.9. The standard InChI is InChI=1S/C12H22N2O4/c1-3-4-5-8(2)13-12(18)14-7-9(15)6-10(14)11(16)17/h8-10,15H,3-7H2,1-2H3,(H,13,18)(H,16,17)/t8?,9-,10+/m1/s1. The average Bonchev–Trinajstić information content (AvgIpc) is 2.69. The zero-order chi connectivity index (χ0) is 13.7. The van der Waals surface area contributed by atoms with Gasteiger partial charge in [-0.05, 0) is 13.3 Å². The van der Waals surface area contributed by atoms with Gasteiger partial charge in [-0.3, -0.25) is 0 Å². The van der Waals surface area contributed by atoms with Gasteiger partial charge in [0.1, 0.15) is 6.04 Å². The van der Waals surface area contributed by atoms with E-state index in [4.69, 9.17) is 5.11 Å². The number of amides is 2. The maximum atomic E-state index is 11.9. The molecule has 2 amide bonds. The van der Waals surface area contributed by atoms with E-state index in [1.54, 1.807) is 0 Å². The molecule has 0 radical (unpaired) electrons. The molecule has 0 saturated carbocycles. The number of aliphatic hydroxyl groups is 1. The predicted molar refractivity (Wildman–Crippen MR) is 66.3 cm³/mol. The summed E-state index contributed by atoms with van der Waals surface area (Å²) in [6.45, 7) is 4.06. The summed E-state index contributed by atoms with van der Waals surface area (Å²) in [6.07, 6.45) is 2.30. The lowest BCUT2D eigenvalue weighted by atomic mass is 10.1. The molecule has 0 aromatic heterocycles. The number of carboxylic acid groups (broad SMARTS) is 1. The largest absolute Gasteiger partial charge is 0.480 e. The zero-order valence-electron chi connectivity index (χ0n) is 10.9. The summed E-state index contributed by atoms with van der Waals surface area (Å²) in [5.74, 6) is -1.07. The molecule has 6 heteroatoms. The van der Waals surface area contributed by atoms with Crippen LogP contribution < -0.4 is 5.32 Å². The minimum Gasteiger partial charge on any atom is -0.480 e. The first-order chi connectivity index (χ1) is 8.45. The van der Waals surface area contributed by atoms with Crippen molar-refractivity contribution in [2.75, 3.05) is 6.54 Å². The number of hydrogen-bond acceptors (Lipinski definition) is 3. The Morgan fingerprint density at radius 2 is 2.17 bits per heavy atom. The fraction of sp³-hybridized carbons (Fsp3) is 0.833. The van der Waals surface area contributed by atoms with Crippen molar-refractivity contribution in [3.05, 3.63) is 0 Å². The van der Waals surface area contributed by atoms with Crippen LogP contribution in [0.15, 0.2) is 0 Å². The van der Waals surface area contributed by atoms with E-state index < -0.39 is 24.1 Å². The zero-order valence-corrected chi connectivity index (χ0v) is 10.9. The number of aliphatic hydroxyl groups excluding tert-OH is 1. The molecule has 3 atom stereocenters. The Bertz CT molecular complexity index is 308. The van der Waals surface area contributed by atoms with Gasteiger partial charge in [0.15, 0.2) is 0 Å². The van der Waals surface area contributed by atoms with Crippen LogP contribution in [-0.2, 0) is 4.79 Å². The van der Waals surface area contributed by atoms with Crippen LogP contribution in [0.4, 0.5) is 4.79 Å². The fourth-order valence-electron chi connectivity index (χ4n) is 2.15. The van der Waals surface area contributed by atoms with E-state index >= 15 is 0 Å². The van der Waals surface area contributed by atoms with Gasteiger partial charge in [-0.2, -0.15) is 0 Å². The highest BCUT2D eigenvalue weighted by Crippen LogP contribution is 2.18. The van der Waals surface area contributed by atoms with E-state index in [1.165, 1.54) is 4.90 Å². The van der Waals surface area contributed by atoms with Crippen molar-refractivity contribution in [3.8, 4) is 0 Å². The first-order valence-electron chi connectivity index (χ1n) is 6.43. The number of carboxylic acids is 1. The van der Waals surface area contributed by atoms with E-state index in [0.29, 0.717) is 0 Å². The van der Waals surface area contributed by atoms with E-state index in [1.807, 2.05) is 6.92 Å². The quantitative estimate of drug-likeness (QED) is 0.680. The lowest BCUT2D eigenvalue weighted by Crippen LogP contribution is -2.48. The molecule has 0 spiro atoms. The molecule has 0 aliphatic carbocycles. The highest BCUT2D eigenvalue weighted by molar-refractivity contribution is 5.83. The molecule has 1 unspecified atom stereocenters. The van der Waals surface area contributed by atoms with Crippen molar-refractivity contribution >= 4 is 12.0 Å². The molecule has 1 rings (SSSR count). The minimum atomic E-state index is -1.07. The van der Waals surface area contributed by atoms with Gasteiger partial charge in [0.25, 0.3) is 0 Å². The Morgan fingerprint density at radius 1 is 1.50 bits per heavy atom. The molecular weight excluding hydrogens is 236 g/mol. The second-order valence-corrected chi connectivity index (χ2v) is 4.89. The van der Waals surface area contributed by atoms with Crippen LogP contribution in [0.1, 0.15) is 39.5 Å². The van der Waals surface area contributed by atoms with Crippen LogP contribution in [-0.4, -0.2) is 51.8 Å². The van der Waals surface area contributed by atoms with E-state index in [0.717, 1.165) is 19.3 Å². The monoisotopic (exact) mass is 258 g/mol. The molecule has 0 aromatic rings. The number of likely N-dealkylation sites (tertiary alicyclic amines) is 1. The molecule has 1 aliphatic heterocycles. The second kappa shape index (κ2) is 6.58. The topological polar surface area (TPSA) is 89.9 Å². The molecule has 1 aliphatic rings. The van der Waals surface area contributed by atoms with Crippen molar-refractivity contribution in [2.24, 2.45) is 0 Å².